The fourth-order valence-electron chi connectivity index (χ4n) is 4.12. The van der Waals surface area contributed by atoms with Gasteiger partial charge in [0.15, 0.2) is 5.16 Å². The van der Waals surface area contributed by atoms with Gasteiger partial charge >= 0.3 is 0 Å². The fraction of sp³-hybridized carbons (Fsp3) is 0.346. The van der Waals surface area contributed by atoms with Crippen LogP contribution in [0.1, 0.15) is 40.8 Å². The van der Waals surface area contributed by atoms with Crippen LogP contribution < -0.4 is 5.56 Å². The molecule has 172 valence electrons. The highest BCUT2D eigenvalue weighted by Crippen LogP contribution is 2.21. The summed E-state index contributed by atoms with van der Waals surface area (Å²) in [5.74, 6) is 0.599. The first-order valence-electron chi connectivity index (χ1n) is 11.2. The molecule has 0 aliphatic carbocycles. The number of rotatable bonds is 7. The van der Waals surface area contributed by atoms with Gasteiger partial charge in [-0.1, -0.05) is 48.2 Å². The number of benzene rings is 2. The monoisotopic (exact) mass is 465 g/mol. The van der Waals surface area contributed by atoms with Crippen molar-refractivity contribution < 1.29 is 9.18 Å². The van der Waals surface area contributed by atoms with Gasteiger partial charge in [-0.25, -0.2) is 9.37 Å². The first-order valence-corrected chi connectivity index (χ1v) is 12.2. The molecule has 0 atom stereocenters. The largest absolute Gasteiger partial charge is 0.338 e. The summed E-state index contributed by atoms with van der Waals surface area (Å²) in [5, 5.41) is 0.653. The van der Waals surface area contributed by atoms with Crippen LogP contribution in [0.25, 0.3) is 0 Å². The Morgan fingerprint density at radius 2 is 1.85 bits per heavy atom. The molecular weight excluding hydrogens is 437 g/mol. The van der Waals surface area contributed by atoms with Crippen LogP contribution in [-0.2, 0) is 31.2 Å². The summed E-state index contributed by atoms with van der Waals surface area (Å²) in [6.07, 6.45) is 2.55. The number of hydrogen-bond donors (Lipinski definition) is 0. The predicted molar refractivity (Wildman–Crippen MR) is 129 cm³/mol. The molecule has 1 aliphatic heterocycles. The highest BCUT2D eigenvalue weighted by molar-refractivity contribution is 7.99. The van der Waals surface area contributed by atoms with Crippen LogP contribution in [0.4, 0.5) is 4.39 Å². The van der Waals surface area contributed by atoms with Gasteiger partial charge in [-0.2, -0.15) is 0 Å². The standard InChI is InChI=1S/C26H28FN3O2S/c1-18-23(16-19-9-11-22(27)12-10-19)25(32)29(2)26(28-18)33-15-5-8-24(31)30-14-13-20-6-3-4-7-21(20)17-30/h3-4,6-7,9-12H,5,8,13-17H2,1-2H3. The van der Waals surface area contributed by atoms with Crippen LogP contribution in [-0.4, -0.2) is 32.7 Å². The molecule has 2 aromatic carbocycles. The smallest absolute Gasteiger partial charge is 0.257 e. The molecule has 1 aromatic heterocycles. The summed E-state index contributed by atoms with van der Waals surface area (Å²) in [6.45, 7) is 3.29. The van der Waals surface area contributed by atoms with Gasteiger partial charge < -0.3 is 4.90 Å². The Balaban J connectivity index is 1.32. The van der Waals surface area contributed by atoms with E-state index in [-0.39, 0.29) is 17.3 Å². The van der Waals surface area contributed by atoms with E-state index in [1.54, 1.807) is 23.7 Å². The van der Waals surface area contributed by atoms with Crippen LogP contribution in [0, 0.1) is 12.7 Å². The van der Waals surface area contributed by atoms with E-state index in [2.05, 4.69) is 17.1 Å². The van der Waals surface area contributed by atoms with Crippen molar-refractivity contribution >= 4 is 17.7 Å². The predicted octanol–water partition coefficient (Wildman–Crippen LogP) is 4.28. The Hall–Kier alpha value is -2.93. The van der Waals surface area contributed by atoms with Crippen LogP contribution in [0.15, 0.2) is 58.5 Å². The van der Waals surface area contributed by atoms with E-state index >= 15 is 0 Å². The molecule has 0 spiro atoms. The van der Waals surface area contributed by atoms with Gasteiger partial charge in [0.05, 0.1) is 0 Å². The van der Waals surface area contributed by atoms with Gasteiger partial charge in [0.1, 0.15) is 5.82 Å². The Morgan fingerprint density at radius 3 is 2.61 bits per heavy atom. The zero-order valence-corrected chi connectivity index (χ0v) is 19.8. The number of thioether (sulfide) groups is 1. The minimum Gasteiger partial charge on any atom is -0.338 e. The second-order valence-electron chi connectivity index (χ2n) is 8.41. The van der Waals surface area contributed by atoms with E-state index in [0.29, 0.717) is 41.6 Å². The molecule has 1 aliphatic rings. The van der Waals surface area contributed by atoms with Gasteiger partial charge in [-0.05, 0) is 48.6 Å². The Labute approximate surface area is 197 Å². The number of amides is 1. The van der Waals surface area contributed by atoms with Crippen molar-refractivity contribution in [2.45, 2.75) is 44.3 Å². The van der Waals surface area contributed by atoms with Crippen molar-refractivity contribution in [1.82, 2.24) is 14.5 Å². The second kappa shape index (κ2) is 10.3. The number of carbonyl (C=O) groups excluding carboxylic acids is 1. The van der Waals surface area contributed by atoms with Gasteiger partial charge in [0.2, 0.25) is 5.91 Å². The highest BCUT2D eigenvalue weighted by Gasteiger charge is 2.20. The van der Waals surface area contributed by atoms with Crippen molar-refractivity contribution in [3.8, 4) is 0 Å². The summed E-state index contributed by atoms with van der Waals surface area (Å²) >= 11 is 1.50. The normalized spacial score (nSPS) is 13.1. The number of nitrogens with zero attached hydrogens (tertiary/aromatic N) is 3. The lowest BCUT2D eigenvalue weighted by molar-refractivity contribution is -0.132. The summed E-state index contributed by atoms with van der Waals surface area (Å²) in [4.78, 5) is 32.1. The van der Waals surface area contributed by atoms with Crippen LogP contribution in [0.5, 0.6) is 0 Å². The second-order valence-corrected chi connectivity index (χ2v) is 9.47. The third kappa shape index (κ3) is 5.53. The van der Waals surface area contributed by atoms with Crippen molar-refractivity contribution in [2.75, 3.05) is 12.3 Å². The molecule has 2 heterocycles. The number of hydrogen-bond acceptors (Lipinski definition) is 4. The summed E-state index contributed by atoms with van der Waals surface area (Å²) < 4.78 is 14.7. The minimum atomic E-state index is -0.295. The van der Waals surface area contributed by atoms with Gasteiger partial charge in [0, 0.05) is 50.0 Å². The third-order valence-corrected chi connectivity index (χ3v) is 7.21. The minimum absolute atomic E-state index is 0.0858. The maximum atomic E-state index is 13.2. The maximum Gasteiger partial charge on any atom is 0.257 e. The van der Waals surface area contributed by atoms with Gasteiger partial charge in [-0.15, -0.1) is 0 Å². The van der Waals surface area contributed by atoms with E-state index in [9.17, 15) is 14.0 Å². The quantitative estimate of drug-likeness (QED) is 0.297. The molecule has 0 saturated heterocycles. The molecular formula is C26H28FN3O2S. The molecule has 0 bridgehead atoms. The number of aromatic nitrogens is 2. The zero-order valence-electron chi connectivity index (χ0n) is 19.0. The third-order valence-electron chi connectivity index (χ3n) is 6.09. The number of fused-ring (bicyclic) bond motifs is 1. The Bertz CT molecular complexity index is 1210. The molecule has 0 saturated carbocycles. The van der Waals surface area contributed by atoms with Crippen LogP contribution in [0.2, 0.25) is 0 Å². The molecule has 33 heavy (non-hydrogen) atoms. The average Bonchev–Trinajstić information content (AvgIpc) is 2.83. The fourth-order valence-corrected chi connectivity index (χ4v) is 5.07. The maximum absolute atomic E-state index is 13.2. The summed E-state index contributed by atoms with van der Waals surface area (Å²) in [7, 11) is 1.72. The van der Waals surface area contributed by atoms with Gasteiger partial charge in [0.25, 0.3) is 5.56 Å². The average molecular weight is 466 g/mol. The molecule has 0 radical (unpaired) electrons. The SMILES string of the molecule is Cc1nc(SCCCC(=O)N2CCc3ccccc3C2)n(C)c(=O)c1Cc1ccc(F)cc1. The Morgan fingerprint density at radius 1 is 1.12 bits per heavy atom. The van der Waals surface area contributed by atoms with Gasteiger partial charge in [-0.3, -0.25) is 14.2 Å². The van der Waals surface area contributed by atoms with Crippen LogP contribution >= 0.6 is 11.8 Å². The van der Waals surface area contributed by atoms with Crippen molar-refractivity contribution in [3.05, 3.63) is 92.6 Å². The highest BCUT2D eigenvalue weighted by atomic mass is 32.2. The molecule has 7 heteroatoms. The first kappa shape index (κ1) is 23.2. The first-order chi connectivity index (χ1) is 15.9. The lowest BCUT2D eigenvalue weighted by Gasteiger charge is -2.29. The number of aryl methyl sites for hydroxylation is 1. The molecule has 0 fully saturated rings. The summed E-state index contributed by atoms with van der Waals surface area (Å²) in [6, 6.07) is 14.5. The van der Waals surface area contributed by atoms with Crippen molar-refractivity contribution in [1.29, 1.82) is 0 Å². The lowest BCUT2D eigenvalue weighted by atomic mass is 10.00. The summed E-state index contributed by atoms with van der Waals surface area (Å²) in [5.41, 5.74) is 4.67. The van der Waals surface area contributed by atoms with E-state index in [0.717, 1.165) is 24.9 Å². The molecule has 0 N–H and O–H groups in total. The van der Waals surface area contributed by atoms with Crippen molar-refractivity contribution in [2.24, 2.45) is 7.05 Å². The zero-order chi connectivity index (χ0) is 23.4. The van der Waals surface area contributed by atoms with E-state index in [4.69, 9.17) is 0 Å². The van der Waals surface area contributed by atoms with E-state index < -0.39 is 0 Å². The van der Waals surface area contributed by atoms with E-state index in [1.807, 2.05) is 24.0 Å². The number of halogens is 1. The molecule has 5 nitrogen and oxygen atoms in total. The molecule has 4 rings (SSSR count). The van der Waals surface area contributed by atoms with E-state index in [1.165, 1.54) is 35.0 Å². The topological polar surface area (TPSA) is 55.2 Å². The lowest BCUT2D eigenvalue weighted by Crippen LogP contribution is -2.35. The molecule has 1 amide bonds. The van der Waals surface area contributed by atoms with Crippen molar-refractivity contribution in [3.63, 3.8) is 0 Å². The molecule has 3 aromatic rings. The molecule has 0 unspecified atom stereocenters. The number of carbonyl (C=O) groups is 1. The van der Waals surface area contributed by atoms with Crippen LogP contribution in [0.3, 0.4) is 0 Å². The Kier molecular flexibility index (Phi) is 7.28.